The number of amides is 1. The normalized spacial score (nSPS) is 16.2. The van der Waals surface area contributed by atoms with Crippen LogP contribution in [0.25, 0.3) is 10.6 Å². The standard InChI is InChI=1S/C23H26N4O3S/c28-23(27-30-22-8-1-2-14-29-22)21-10-9-20(31-21)19-7-3-6-18(26-19)16-25-13-11-17-5-4-12-24-15-17/h3-7,9-10,12,15,22,25H,1-2,8,11,13-14,16H2,(H,27,28). The number of rotatable bonds is 9. The topological polar surface area (TPSA) is 85.4 Å². The van der Waals surface area contributed by atoms with Crippen molar-refractivity contribution in [2.24, 2.45) is 0 Å². The first-order chi connectivity index (χ1) is 15.3. The lowest BCUT2D eigenvalue weighted by molar-refractivity contribution is -0.186. The van der Waals surface area contributed by atoms with Gasteiger partial charge in [-0.25, -0.2) is 10.3 Å². The number of nitrogens with zero attached hydrogens (tertiary/aromatic N) is 2. The highest BCUT2D eigenvalue weighted by molar-refractivity contribution is 7.17. The molecular formula is C23H26N4O3S. The molecule has 1 fully saturated rings. The summed E-state index contributed by atoms with van der Waals surface area (Å²) in [5.41, 5.74) is 5.53. The Labute approximate surface area is 185 Å². The molecule has 0 saturated carbocycles. The number of hydrogen-bond acceptors (Lipinski definition) is 7. The highest BCUT2D eigenvalue weighted by atomic mass is 32.1. The number of pyridine rings is 2. The van der Waals surface area contributed by atoms with E-state index in [0.717, 1.165) is 48.5 Å². The lowest BCUT2D eigenvalue weighted by atomic mass is 10.2. The second-order valence-corrected chi connectivity index (χ2v) is 8.40. The summed E-state index contributed by atoms with van der Waals surface area (Å²) >= 11 is 1.39. The van der Waals surface area contributed by atoms with E-state index < -0.39 is 0 Å². The van der Waals surface area contributed by atoms with E-state index in [0.29, 0.717) is 18.0 Å². The Morgan fingerprint density at radius 1 is 1.19 bits per heavy atom. The lowest BCUT2D eigenvalue weighted by Crippen LogP contribution is -2.32. The SMILES string of the molecule is O=C(NOC1CCCCO1)c1ccc(-c2cccc(CNCCc3cccnc3)n2)s1. The second-order valence-electron chi connectivity index (χ2n) is 7.31. The minimum absolute atomic E-state index is 0.265. The van der Waals surface area contributed by atoms with E-state index in [2.05, 4.69) is 21.8 Å². The lowest BCUT2D eigenvalue weighted by Gasteiger charge is -2.21. The summed E-state index contributed by atoms with van der Waals surface area (Å²) in [4.78, 5) is 28.1. The van der Waals surface area contributed by atoms with Gasteiger partial charge in [-0.3, -0.25) is 14.8 Å². The van der Waals surface area contributed by atoms with Gasteiger partial charge in [0.15, 0.2) is 6.29 Å². The maximum atomic E-state index is 12.4. The van der Waals surface area contributed by atoms with E-state index >= 15 is 0 Å². The molecule has 1 atom stereocenters. The number of nitrogens with one attached hydrogen (secondary N) is 2. The highest BCUT2D eigenvalue weighted by Gasteiger charge is 2.17. The Balaban J connectivity index is 1.28. The van der Waals surface area contributed by atoms with Gasteiger partial charge in [-0.2, -0.15) is 0 Å². The molecular weight excluding hydrogens is 412 g/mol. The number of thiophene rings is 1. The molecule has 2 N–H and O–H groups in total. The van der Waals surface area contributed by atoms with Crippen molar-refractivity contribution >= 4 is 17.2 Å². The molecule has 0 aliphatic carbocycles. The van der Waals surface area contributed by atoms with Crippen LogP contribution in [-0.2, 0) is 22.5 Å². The van der Waals surface area contributed by atoms with Gasteiger partial charge in [0.05, 0.1) is 21.1 Å². The van der Waals surface area contributed by atoms with Crippen molar-refractivity contribution in [3.63, 3.8) is 0 Å². The van der Waals surface area contributed by atoms with Crippen LogP contribution in [0.2, 0.25) is 0 Å². The molecule has 4 rings (SSSR count). The molecule has 3 aromatic rings. The van der Waals surface area contributed by atoms with Gasteiger partial charge in [0, 0.05) is 32.0 Å². The molecule has 31 heavy (non-hydrogen) atoms. The third kappa shape index (κ3) is 6.41. The predicted molar refractivity (Wildman–Crippen MR) is 119 cm³/mol. The molecule has 1 amide bonds. The molecule has 1 aliphatic rings. The van der Waals surface area contributed by atoms with Crippen molar-refractivity contribution in [2.75, 3.05) is 13.2 Å². The Hall–Kier alpha value is -2.65. The third-order valence-electron chi connectivity index (χ3n) is 4.93. The fraction of sp³-hybridized carbons (Fsp3) is 0.348. The van der Waals surface area contributed by atoms with Gasteiger partial charge in [0.1, 0.15) is 0 Å². The fourth-order valence-corrected chi connectivity index (χ4v) is 4.14. The number of hydroxylamine groups is 1. The van der Waals surface area contributed by atoms with Crippen molar-refractivity contribution in [2.45, 2.75) is 38.5 Å². The maximum absolute atomic E-state index is 12.4. The molecule has 162 valence electrons. The van der Waals surface area contributed by atoms with E-state index in [1.165, 1.54) is 16.9 Å². The summed E-state index contributed by atoms with van der Waals surface area (Å²) in [5, 5.41) is 3.42. The molecule has 0 bridgehead atoms. The van der Waals surface area contributed by atoms with Gasteiger partial charge < -0.3 is 10.1 Å². The first-order valence-corrected chi connectivity index (χ1v) is 11.3. The highest BCUT2D eigenvalue weighted by Crippen LogP contribution is 2.27. The second kappa shape index (κ2) is 11.1. The zero-order chi connectivity index (χ0) is 21.3. The molecule has 0 aromatic carbocycles. The molecule has 3 aromatic heterocycles. The summed E-state index contributed by atoms with van der Waals surface area (Å²) in [7, 11) is 0. The summed E-state index contributed by atoms with van der Waals surface area (Å²) in [5.74, 6) is -0.265. The summed E-state index contributed by atoms with van der Waals surface area (Å²) in [6.07, 6.45) is 7.11. The van der Waals surface area contributed by atoms with Crippen molar-refractivity contribution in [1.29, 1.82) is 0 Å². The quantitative estimate of drug-likeness (QED) is 0.391. The largest absolute Gasteiger partial charge is 0.350 e. The van der Waals surface area contributed by atoms with Crippen LogP contribution in [0.3, 0.4) is 0 Å². The molecule has 7 nitrogen and oxygen atoms in total. The molecule has 0 radical (unpaired) electrons. The van der Waals surface area contributed by atoms with Crippen molar-refractivity contribution in [3.05, 3.63) is 71.0 Å². The van der Waals surface area contributed by atoms with Crippen LogP contribution in [0.5, 0.6) is 0 Å². The molecule has 1 unspecified atom stereocenters. The first kappa shape index (κ1) is 21.6. The van der Waals surface area contributed by atoms with Crippen LogP contribution in [-0.4, -0.2) is 35.3 Å². The predicted octanol–water partition coefficient (Wildman–Crippen LogP) is 3.73. The van der Waals surface area contributed by atoms with E-state index in [1.807, 2.05) is 36.5 Å². The van der Waals surface area contributed by atoms with E-state index in [4.69, 9.17) is 14.6 Å². The van der Waals surface area contributed by atoms with Gasteiger partial charge in [-0.15, -0.1) is 11.3 Å². The third-order valence-corrected chi connectivity index (χ3v) is 6.04. The zero-order valence-corrected chi connectivity index (χ0v) is 18.1. The minimum atomic E-state index is -0.360. The van der Waals surface area contributed by atoms with Crippen LogP contribution in [0.4, 0.5) is 0 Å². The zero-order valence-electron chi connectivity index (χ0n) is 17.3. The van der Waals surface area contributed by atoms with E-state index in [9.17, 15) is 4.79 Å². The Morgan fingerprint density at radius 2 is 2.16 bits per heavy atom. The maximum Gasteiger partial charge on any atom is 0.285 e. The number of ether oxygens (including phenoxy) is 1. The van der Waals surface area contributed by atoms with Crippen LogP contribution in [0, 0.1) is 0 Å². The van der Waals surface area contributed by atoms with E-state index in [-0.39, 0.29) is 12.2 Å². The van der Waals surface area contributed by atoms with Gasteiger partial charge in [-0.1, -0.05) is 12.1 Å². The van der Waals surface area contributed by atoms with E-state index in [1.54, 1.807) is 12.3 Å². The number of carbonyl (C=O) groups is 1. The summed E-state index contributed by atoms with van der Waals surface area (Å²) in [6.45, 7) is 2.21. The fourth-order valence-electron chi connectivity index (χ4n) is 3.28. The Morgan fingerprint density at radius 3 is 3.00 bits per heavy atom. The molecule has 8 heteroatoms. The van der Waals surface area contributed by atoms with Crippen molar-refractivity contribution in [1.82, 2.24) is 20.8 Å². The van der Waals surface area contributed by atoms with Gasteiger partial charge in [-0.05, 0) is 61.7 Å². The van der Waals surface area contributed by atoms with Gasteiger partial charge >= 0.3 is 0 Å². The van der Waals surface area contributed by atoms with Crippen molar-refractivity contribution in [3.8, 4) is 10.6 Å². The average Bonchev–Trinajstić information content (AvgIpc) is 3.33. The smallest absolute Gasteiger partial charge is 0.285 e. The molecule has 0 spiro atoms. The van der Waals surface area contributed by atoms with Gasteiger partial charge in [0.2, 0.25) is 0 Å². The summed E-state index contributed by atoms with van der Waals surface area (Å²) < 4.78 is 5.46. The summed E-state index contributed by atoms with van der Waals surface area (Å²) in [6, 6.07) is 13.7. The Bertz CT molecular complexity index is 974. The average molecular weight is 439 g/mol. The number of carbonyl (C=O) groups excluding carboxylic acids is 1. The Kier molecular flexibility index (Phi) is 7.73. The minimum Gasteiger partial charge on any atom is -0.350 e. The molecule has 1 aliphatic heterocycles. The molecule has 4 heterocycles. The van der Waals surface area contributed by atoms with Crippen LogP contribution in [0.15, 0.2) is 54.9 Å². The van der Waals surface area contributed by atoms with Crippen LogP contribution in [0.1, 0.15) is 40.2 Å². The monoisotopic (exact) mass is 438 g/mol. The number of hydrogen-bond donors (Lipinski definition) is 2. The van der Waals surface area contributed by atoms with Crippen molar-refractivity contribution < 1.29 is 14.4 Å². The van der Waals surface area contributed by atoms with Gasteiger partial charge in [0.25, 0.3) is 5.91 Å². The molecule has 1 saturated heterocycles. The van der Waals surface area contributed by atoms with Crippen LogP contribution >= 0.6 is 11.3 Å². The van der Waals surface area contributed by atoms with Crippen LogP contribution < -0.4 is 10.8 Å². The number of aromatic nitrogens is 2. The first-order valence-electron chi connectivity index (χ1n) is 10.5.